The van der Waals surface area contributed by atoms with E-state index in [2.05, 4.69) is 35.1 Å². The van der Waals surface area contributed by atoms with Crippen molar-refractivity contribution in [2.45, 2.75) is 26.4 Å². The first kappa shape index (κ1) is 16.1. The van der Waals surface area contributed by atoms with Crippen LogP contribution in [0.4, 0.5) is 5.69 Å². The molecule has 19 heavy (non-hydrogen) atoms. The van der Waals surface area contributed by atoms with Gasteiger partial charge >= 0.3 is 0 Å². The highest BCUT2D eigenvalue weighted by atomic mass is 79.9. The predicted octanol–water partition coefficient (Wildman–Crippen LogP) is 3.12. The summed E-state index contributed by atoms with van der Waals surface area (Å²) in [5.41, 5.74) is 0.976. The molecule has 0 aliphatic rings. The van der Waals surface area contributed by atoms with E-state index in [0.29, 0.717) is 23.5 Å². The van der Waals surface area contributed by atoms with E-state index in [9.17, 15) is 10.1 Å². The maximum atomic E-state index is 10.9. The molecule has 1 unspecified atom stereocenters. The van der Waals surface area contributed by atoms with E-state index in [0.717, 1.165) is 5.56 Å². The SMILES string of the molecule is COCC(NCc1ccc(Br)c([N+](=O)[O-])c1)C(C)C. The van der Waals surface area contributed by atoms with Crippen LogP contribution in [0.15, 0.2) is 22.7 Å². The van der Waals surface area contributed by atoms with E-state index < -0.39 is 0 Å². The molecule has 1 aromatic rings. The second kappa shape index (κ2) is 7.57. The number of benzene rings is 1. The van der Waals surface area contributed by atoms with Crippen molar-refractivity contribution in [2.75, 3.05) is 13.7 Å². The molecule has 0 spiro atoms. The number of nitrogens with zero attached hydrogens (tertiary/aromatic N) is 1. The summed E-state index contributed by atoms with van der Waals surface area (Å²) >= 11 is 3.18. The van der Waals surface area contributed by atoms with Crippen LogP contribution in [0.3, 0.4) is 0 Å². The second-order valence-electron chi connectivity index (χ2n) is 4.73. The Morgan fingerprint density at radius 1 is 1.47 bits per heavy atom. The first-order valence-electron chi connectivity index (χ1n) is 6.10. The van der Waals surface area contributed by atoms with Crippen LogP contribution in [-0.2, 0) is 11.3 Å². The summed E-state index contributed by atoms with van der Waals surface area (Å²) in [6.45, 7) is 5.43. The molecule has 0 heterocycles. The number of nitrogens with one attached hydrogen (secondary N) is 1. The predicted molar refractivity (Wildman–Crippen MR) is 78.1 cm³/mol. The average Bonchev–Trinajstić information content (AvgIpc) is 2.35. The fourth-order valence-electron chi connectivity index (χ4n) is 1.72. The number of nitro groups is 1. The molecule has 1 atom stereocenters. The van der Waals surface area contributed by atoms with Crippen LogP contribution in [0, 0.1) is 16.0 Å². The molecule has 106 valence electrons. The maximum Gasteiger partial charge on any atom is 0.283 e. The first-order valence-corrected chi connectivity index (χ1v) is 6.90. The Kier molecular flexibility index (Phi) is 6.41. The number of hydrogen-bond acceptors (Lipinski definition) is 4. The molecular formula is C13H19BrN2O3. The average molecular weight is 331 g/mol. The third-order valence-corrected chi connectivity index (χ3v) is 3.60. The molecule has 0 saturated heterocycles. The number of hydrogen-bond donors (Lipinski definition) is 1. The van der Waals surface area contributed by atoms with Gasteiger partial charge in [0.25, 0.3) is 5.69 Å². The fourth-order valence-corrected chi connectivity index (χ4v) is 2.12. The topological polar surface area (TPSA) is 64.4 Å². The third-order valence-electron chi connectivity index (χ3n) is 2.93. The minimum absolute atomic E-state index is 0.0899. The lowest BCUT2D eigenvalue weighted by atomic mass is 10.0. The van der Waals surface area contributed by atoms with Crippen LogP contribution in [0.25, 0.3) is 0 Å². The molecule has 0 aliphatic heterocycles. The van der Waals surface area contributed by atoms with Crippen LogP contribution in [0.5, 0.6) is 0 Å². The fraction of sp³-hybridized carbons (Fsp3) is 0.538. The molecule has 0 fully saturated rings. The summed E-state index contributed by atoms with van der Waals surface area (Å²) in [7, 11) is 1.67. The highest BCUT2D eigenvalue weighted by molar-refractivity contribution is 9.10. The van der Waals surface area contributed by atoms with E-state index in [1.165, 1.54) is 0 Å². The molecule has 0 amide bonds. The number of rotatable bonds is 7. The van der Waals surface area contributed by atoms with Gasteiger partial charge in [0, 0.05) is 25.8 Å². The monoisotopic (exact) mass is 330 g/mol. The van der Waals surface area contributed by atoms with Gasteiger partial charge in [-0.25, -0.2) is 0 Å². The van der Waals surface area contributed by atoms with E-state index in [1.807, 2.05) is 6.07 Å². The zero-order chi connectivity index (χ0) is 14.4. The van der Waals surface area contributed by atoms with Crippen LogP contribution >= 0.6 is 15.9 Å². The van der Waals surface area contributed by atoms with E-state index in [4.69, 9.17) is 4.74 Å². The van der Waals surface area contributed by atoms with E-state index in [1.54, 1.807) is 19.2 Å². The highest BCUT2D eigenvalue weighted by Gasteiger charge is 2.15. The summed E-state index contributed by atoms with van der Waals surface area (Å²) in [5.74, 6) is 0.436. The molecular weight excluding hydrogens is 312 g/mol. The lowest BCUT2D eigenvalue weighted by Crippen LogP contribution is -2.37. The van der Waals surface area contributed by atoms with Gasteiger partial charge in [0.05, 0.1) is 16.0 Å². The van der Waals surface area contributed by atoms with Crippen molar-refractivity contribution in [3.63, 3.8) is 0 Å². The molecule has 1 N–H and O–H groups in total. The van der Waals surface area contributed by atoms with Crippen molar-refractivity contribution in [2.24, 2.45) is 5.92 Å². The Balaban J connectivity index is 2.72. The zero-order valence-electron chi connectivity index (χ0n) is 11.4. The van der Waals surface area contributed by atoms with Crippen LogP contribution in [0.2, 0.25) is 0 Å². The molecule has 0 aromatic heterocycles. The van der Waals surface area contributed by atoms with Crippen molar-refractivity contribution in [3.8, 4) is 0 Å². The minimum atomic E-state index is -0.386. The Bertz CT molecular complexity index is 438. The van der Waals surface area contributed by atoms with Crippen molar-refractivity contribution in [1.29, 1.82) is 0 Å². The van der Waals surface area contributed by atoms with E-state index in [-0.39, 0.29) is 16.7 Å². The third kappa shape index (κ3) is 4.89. The normalized spacial score (nSPS) is 12.7. The van der Waals surface area contributed by atoms with Crippen LogP contribution < -0.4 is 5.32 Å². The van der Waals surface area contributed by atoms with Gasteiger partial charge in [-0.1, -0.05) is 19.9 Å². The lowest BCUT2D eigenvalue weighted by Gasteiger charge is -2.21. The van der Waals surface area contributed by atoms with Crippen molar-refractivity contribution >= 4 is 21.6 Å². The molecule has 0 bridgehead atoms. The van der Waals surface area contributed by atoms with Gasteiger partial charge in [-0.05, 0) is 33.5 Å². The van der Waals surface area contributed by atoms with Gasteiger partial charge in [-0.15, -0.1) is 0 Å². The Morgan fingerprint density at radius 3 is 2.68 bits per heavy atom. The highest BCUT2D eigenvalue weighted by Crippen LogP contribution is 2.25. The summed E-state index contributed by atoms with van der Waals surface area (Å²) in [4.78, 5) is 10.5. The molecule has 0 aliphatic carbocycles. The van der Waals surface area contributed by atoms with Crippen molar-refractivity contribution in [3.05, 3.63) is 38.3 Å². The summed E-state index contributed by atoms with van der Waals surface area (Å²) in [6.07, 6.45) is 0. The zero-order valence-corrected chi connectivity index (χ0v) is 12.9. The number of methoxy groups -OCH3 is 1. The Labute approximate surface area is 121 Å². The lowest BCUT2D eigenvalue weighted by molar-refractivity contribution is -0.385. The standard InChI is InChI=1S/C13H19BrN2O3/c1-9(2)12(8-19-3)15-7-10-4-5-11(14)13(6-10)16(17)18/h4-6,9,12,15H,7-8H2,1-3H3. The van der Waals surface area contributed by atoms with Crippen molar-refractivity contribution < 1.29 is 9.66 Å². The number of halogens is 1. The minimum Gasteiger partial charge on any atom is -0.383 e. The van der Waals surface area contributed by atoms with Gasteiger partial charge in [0.2, 0.25) is 0 Å². The number of nitro benzene ring substituents is 1. The first-order chi connectivity index (χ1) is 8.95. The quantitative estimate of drug-likeness (QED) is 0.616. The van der Waals surface area contributed by atoms with Gasteiger partial charge < -0.3 is 10.1 Å². The Hall–Kier alpha value is -0.980. The van der Waals surface area contributed by atoms with Gasteiger partial charge in [0.15, 0.2) is 0 Å². The van der Waals surface area contributed by atoms with Gasteiger partial charge in [0.1, 0.15) is 0 Å². The van der Waals surface area contributed by atoms with Crippen LogP contribution in [0.1, 0.15) is 19.4 Å². The smallest absolute Gasteiger partial charge is 0.283 e. The van der Waals surface area contributed by atoms with Gasteiger partial charge in [-0.2, -0.15) is 0 Å². The summed E-state index contributed by atoms with van der Waals surface area (Å²) in [6, 6.07) is 5.39. The molecule has 1 rings (SSSR count). The summed E-state index contributed by atoms with van der Waals surface area (Å²) < 4.78 is 5.66. The Morgan fingerprint density at radius 2 is 2.16 bits per heavy atom. The molecule has 5 nitrogen and oxygen atoms in total. The summed E-state index contributed by atoms with van der Waals surface area (Å²) in [5, 5.41) is 14.2. The molecule has 6 heteroatoms. The van der Waals surface area contributed by atoms with Crippen molar-refractivity contribution in [1.82, 2.24) is 5.32 Å². The molecule has 0 radical (unpaired) electrons. The van der Waals surface area contributed by atoms with Crippen LogP contribution in [-0.4, -0.2) is 24.7 Å². The largest absolute Gasteiger partial charge is 0.383 e. The molecule has 0 saturated carbocycles. The van der Waals surface area contributed by atoms with E-state index >= 15 is 0 Å². The molecule has 1 aromatic carbocycles. The second-order valence-corrected chi connectivity index (χ2v) is 5.58. The number of ether oxygens (including phenoxy) is 1. The maximum absolute atomic E-state index is 10.9. The van der Waals surface area contributed by atoms with Gasteiger partial charge in [-0.3, -0.25) is 10.1 Å².